The molecule has 1 aromatic heterocycles. The summed E-state index contributed by atoms with van der Waals surface area (Å²) in [6.07, 6.45) is 2.73. The number of rotatable bonds is 10. The number of hydrogen-bond acceptors (Lipinski definition) is 5. The number of fused-ring (bicyclic) bond motifs is 1. The van der Waals surface area contributed by atoms with Crippen molar-refractivity contribution in [1.82, 2.24) is 4.98 Å². The maximum atomic E-state index is 14.7. The molecule has 0 atom stereocenters. The van der Waals surface area contributed by atoms with Crippen molar-refractivity contribution in [1.29, 1.82) is 0 Å². The number of nitrogens with zero attached hydrogens (tertiary/aromatic N) is 1. The largest absolute Gasteiger partial charge is 0.490 e. The molecule has 154 valence electrons. The third-order valence-corrected chi connectivity index (χ3v) is 5.30. The van der Waals surface area contributed by atoms with Crippen LogP contribution in [0.3, 0.4) is 0 Å². The number of nitrogens with one attached hydrogen (secondary N) is 1. The van der Waals surface area contributed by atoms with Crippen molar-refractivity contribution in [2.75, 3.05) is 25.1 Å². The second-order valence-corrected chi connectivity index (χ2v) is 7.83. The molecule has 0 saturated heterocycles. The number of carbonyl (C=O) groups is 1. The van der Waals surface area contributed by atoms with Crippen molar-refractivity contribution < 1.29 is 18.7 Å². The predicted molar refractivity (Wildman–Crippen MR) is 115 cm³/mol. The number of hydrogen-bond donors (Lipinski definition) is 1. The minimum Gasteiger partial charge on any atom is -0.490 e. The quantitative estimate of drug-likeness (QED) is 0.438. The summed E-state index contributed by atoms with van der Waals surface area (Å²) in [5.74, 6) is -0.795. The molecule has 5 nitrogen and oxygen atoms in total. The maximum absolute atomic E-state index is 14.7. The highest BCUT2D eigenvalue weighted by atomic mass is 32.1. The van der Waals surface area contributed by atoms with Gasteiger partial charge in [-0.15, -0.1) is 11.3 Å². The summed E-state index contributed by atoms with van der Waals surface area (Å²) in [5, 5.41) is 3.57. The Morgan fingerprint density at radius 3 is 2.83 bits per heavy atom. The number of thiazole rings is 1. The number of unbranched alkanes of at least 4 members (excludes halogenated alkanes) is 2. The molecule has 0 saturated carbocycles. The summed E-state index contributed by atoms with van der Waals surface area (Å²) in [5.41, 5.74) is 1.41. The van der Waals surface area contributed by atoms with Crippen LogP contribution in [0.15, 0.2) is 36.4 Å². The van der Waals surface area contributed by atoms with E-state index in [4.69, 9.17) is 9.47 Å². The van der Waals surface area contributed by atoms with E-state index in [1.165, 1.54) is 17.4 Å². The van der Waals surface area contributed by atoms with Gasteiger partial charge in [-0.25, -0.2) is 9.37 Å². The molecule has 3 rings (SSSR count). The topological polar surface area (TPSA) is 60.5 Å². The molecule has 3 aromatic rings. The molecule has 29 heavy (non-hydrogen) atoms. The van der Waals surface area contributed by atoms with Crippen molar-refractivity contribution in [3.05, 3.63) is 52.8 Å². The second-order valence-electron chi connectivity index (χ2n) is 6.59. The Kier molecular flexibility index (Phi) is 7.55. The second kappa shape index (κ2) is 10.3. The summed E-state index contributed by atoms with van der Waals surface area (Å²) in [6.45, 7) is 5.76. The Morgan fingerprint density at radius 1 is 1.17 bits per heavy atom. The number of ether oxygens (including phenoxy) is 2. The summed E-state index contributed by atoms with van der Waals surface area (Å²) in [6, 6.07) is 10.0. The molecule has 0 unspecified atom stereocenters. The number of halogens is 1. The average Bonchev–Trinajstić information content (AvgIpc) is 3.09. The highest BCUT2D eigenvalue weighted by Crippen LogP contribution is 2.26. The molecule has 0 spiro atoms. The SMILES string of the molecule is CCOCCCCCOc1cccc(NC(=O)c2ccc3nc(C)sc3c2)c1F. The zero-order valence-electron chi connectivity index (χ0n) is 16.7. The number of anilines is 1. The molecule has 0 aliphatic heterocycles. The highest BCUT2D eigenvalue weighted by Gasteiger charge is 2.14. The molecule has 1 heterocycles. The number of carbonyl (C=O) groups excluding carboxylic acids is 1. The zero-order valence-corrected chi connectivity index (χ0v) is 17.5. The van der Waals surface area contributed by atoms with Gasteiger partial charge in [0, 0.05) is 18.8 Å². The number of amides is 1. The maximum Gasteiger partial charge on any atom is 0.255 e. The Labute approximate surface area is 173 Å². The average molecular weight is 417 g/mol. The normalized spacial score (nSPS) is 11.0. The van der Waals surface area contributed by atoms with Crippen LogP contribution in [0.5, 0.6) is 5.75 Å². The van der Waals surface area contributed by atoms with Crippen molar-refractivity contribution >= 4 is 33.1 Å². The van der Waals surface area contributed by atoms with Crippen molar-refractivity contribution in [2.24, 2.45) is 0 Å². The summed E-state index contributed by atoms with van der Waals surface area (Å²) in [7, 11) is 0. The van der Waals surface area contributed by atoms with Gasteiger partial charge in [-0.3, -0.25) is 4.79 Å². The van der Waals surface area contributed by atoms with Gasteiger partial charge in [-0.2, -0.15) is 0 Å². The van der Waals surface area contributed by atoms with Crippen LogP contribution < -0.4 is 10.1 Å². The Hall–Kier alpha value is -2.51. The third kappa shape index (κ3) is 5.74. The van der Waals surface area contributed by atoms with Gasteiger partial charge in [-0.1, -0.05) is 6.07 Å². The molecule has 0 bridgehead atoms. The highest BCUT2D eigenvalue weighted by molar-refractivity contribution is 7.18. The predicted octanol–water partition coefficient (Wildman–Crippen LogP) is 5.58. The lowest BCUT2D eigenvalue weighted by Gasteiger charge is -2.11. The van der Waals surface area contributed by atoms with Gasteiger partial charge in [0.05, 0.1) is 27.5 Å². The van der Waals surface area contributed by atoms with E-state index >= 15 is 0 Å². The first-order chi connectivity index (χ1) is 14.1. The zero-order chi connectivity index (χ0) is 20.6. The van der Waals surface area contributed by atoms with E-state index in [-0.39, 0.29) is 17.3 Å². The third-order valence-electron chi connectivity index (χ3n) is 4.36. The molecule has 2 aromatic carbocycles. The first kappa shape index (κ1) is 21.2. The Balaban J connectivity index is 1.58. The molecular weight excluding hydrogens is 391 g/mol. The van der Waals surface area contributed by atoms with Crippen LogP contribution in [0, 0.1) is 12.7 Å². The fourth-order valence-corrected chi connectivity index (χ4v) is 3.77. The fraction of sp³-hybridized carbons (Fsp3) is 0.364. The van der Waals surface area contributed by atoms with Gasteiger partial charge in [-0.05, 0) is 63.4 Å². The molecule has 0 aliphatic carbocycles. The number of aromatic nitrogens is 1. The van der Waals surface area contributed by atoms with E-state index < -0.39 is 5.82 Å². The standard InChI is InChI=1S/C22H25FN2O3S/c1-3-27-12-5-4-6-13-28-19-9-7-8-18(21(19)23)25-22(26)16-10-11-17-20(14-16)29-15(2)24-17/h7-11,14H,3-6,12-13H2,1-2H3,(H,25,26). The van der Waals surface area contributed by atoms with Crippen LogP contribution in [-0.4, -0.2) is 30.7 Å². The number of aryl methyl sites for hydroxylation is 1. The lowest BCUT2D eigenvalue weighted by Crippen LogP contribution is -2.13. The molecule has 7 heteroatoms. The van der Waals surface area contributed by atoms with Crippen LogP contribution in [0.4, 0.5) is 10.1 Å². The van der Waals surface area contributed by atoms with Crippen LogP contribution in [0.2, 0.25) is 0 Å². The van der Waals surface area contributed by atoms with Crippen molar-refractivity contribution in [2.45, 2.75) is 33.1 Å². The van der Waals surface area contributed by atoms with Crippen LogP contribution in [0.25, 0.3) is 10.2 Å². The molecular formula is C22H25FN2O3S. The molecule has 1 amide bonds. The molecule has 0 radical (unpaired) electrons. The smallest absolute Gasteiger partial charge is 0.255 e. The monoisotopic (exact) mass is 416 g/mol. The minimum atomic E-state index is -0.565. The van der Waals surface area contributed by atoms with Gasteiger partial charge in [0.25, 0.3) is 5.91 Å². The van der Waals surface area contributed by atoms with Crippen LogP contribution >= 0.6 is 11.3 Å². The van der Waals surface area contributed by atoms with Gasteiger partial charge in [0.15, 0.2) is 11.6 Å². The first-order valence-corrected chi connectivity index (χ1v) is 10.6. The number of benzene rings is 2. The van der Waals surface area contributed by atoms with E-state index in [1.54, 1.807) is 30.3 Å². The minimum absolute atomic E-state index is 0.101. The van der Waals surface area contributed by atoms with E-state index in [1.807, 2.05) is 13.8 Å². The summed E-state index contributed by atoms with van der Waals surface area (Å²) < 4.78 is 26.5. The van der Waals surface area contributed by atoms with Crippen molar-refractivity contribution in [3.63, 3.8) is 0 Å². The molecule has 1 N–H and O–H groups in total. The lowest BCUT2D eigenvalue weighted by atomic mass is 10.2. The lowest BCUT2D eigenvalue weighted by molar-refractivity contribution is 0.102. The van der Waals surface area contributed by atoms with Crippen LogP contribution in [0.1, 0.15) is 41.6 Å². The van der Waals surface area contributed by atoms with Gasteiger partial charge in [0.1, 0.15) is 0 Å². The molecule has 0 fully saturated rings. The fourth-order valence-electron chi connectivity index (χ4n) is 2.90. The van der Waals surface area contributed by atoms with Crippen LogP contribution in [-0.2, 0) is 4.74 Å². The Morgan fingerprint density at radius 2 is 2.00 bits per heavy atom. The van der Waals surface area contributed by atoms with Gasteiger partial charge < -0.3 is 14.8 Å². The Bertz CT molecular complexity index is 974. The van der Waals surface area contributed by atoms with E-state index in [0.717, 1.165) is 47.7 Å². The summed E-state index contributed by atoms with van der Waals surface area (Å²) >= 11 is 1.52. The summed E-state index contributed by atoms with van der Waals surface area (Å²) in [4.78, 5) is 17.0. The van der Waals surface area contributed by atoms with Crippen molar-refractivity contribution in [3.8, 4) is 5.75 Å². The van der Waals surface area contributed by atoms with E-state index in [9.17, 15) is 9.18 Å². The van der Waals surface area contributed by atoms with Gasteiger partial charge >= 0.3 is 0 Å². The molecule has 0 aliphatic rings. The first-order valence-electron chi connectivity index (χ1n) is 9.76. The van der Waals surface area contributed by atoms with E-state index in [2.05, 4.69) is 10.3 Å². The van der Waals surface area contributed by atoms with E-state index in [0.29, 0.717) is 12.2 Å². The van der Waals surface area contributed by atoms with Gasteiger partial charge in [0.2, 0.25) is 0 Å².